The fourth-order valence-electron chi connectivity index (χ4n) is 4.59. The number of benzene rings is 1. The minimum atomic E-state index is -3.89. The summed E-state index contributed by atoms with van der Waals surface area (Å²) in [5, 5.41) is 6.17. The lowest BCUT2D eigenvalue weighted by Gasteiger charge is -2.38. The fourth-order valence-corrected chi connectivity index (χ4v) is 5.77. The third kappa shape index (κ3) is 6.24. The van der Waals surface area contributed by atoms with Gasteiger partial charge in [-0.15, -0.1) is 0 Å². The number of halogens is 1. The number of amides is 2. The lowest BCUT2D eigenvalue weighted by Crippen LogP contribution is -2.53. The first-order valence-electron chi connectivity index (χ1n) is 12.8. The average molecular weight is 614 g/mol. The van der Waals surface area contributed by atoms with Crippen LogP contribution in [0.25, 0.3) is 0 Å². The second-order valence-electron chi connectivity index (χ2n) is 9.95. The third-order valence-electron chi connectivity index (χ3n) is 6.98. The zero-order valence-electron chi connectivity index (χ0n) is 22.5. The average Bonchev–Trinajstić information content (AvgIpc) is 3.36. The molecular formula is C25H28ClN11O4S. The number of nitrogen functional groups attached to an aromatic ring is 2. The number of hydrogen-bond acceptors (Lipinski definition) is 10. The summed E-state index contributed by atoms with van der Waals surface area (Å²) in [5.41, 5.74) is 12.1. The highest BCUT2D eigenvalue weighted by Gasteiger charge is 2.41. The molecule has 2 aliphatic rings. The molecule has 2 amide bonds. The van der Waals surface area contributed by atoms with Crippen molar-refractivity contribution in [2.24, 2.45) is 4.99 Å². The van der Waals surface area contributed by atoms with Crippen LogP contribution in [0.3, 0.4) is 0 Å². The van der Waals surface area contributed by atoms with Crippen LogP contribution in [0, 0.1) is 6.92 Å². The predicted molar refractivity (Wildman–Crippen MR) is 154 cm³/mol. The predicted octanol–water partition coefficient (Wildman–Crippen LogP) is 0.235. The molecule has 0 saturated carbocycles. The molecule has 0 radical (unpaired) electrons. The van der Waals surface area contributed by atoms with Gasteiger partial charge in [0.05, 0.1) is 34.6 Å². The molecule has 2 fully saturated rings. The van der Waals surface area contributed by atoms with Gasteiger partial charge in [-0.1, -0.05) is 17.7 Å². The highest BCUT2D eigenvalue weighted by atomic mass is 35.5. The van der Waals surface area contributed by atoms with Gasteiger partial charge in [0, 0.05) is 31.4 Å². The maximum absolute atomic E-state index is 13.3. The number of hydrogen-bond donors (Lipinski definition) is 5. The van der Waals surface area contributed by atoms with E-state index in [4.69, 9.17) is 23.1 Å². The molecule has 0 bridgehead atoms. The number of aryl methyl sites for hydroxylation is 1. The number of carbonyl (C=O) groups excluding carboxylic acids is 2. The van der Waals surface area contributed by atoms with Crippen molar-refractivity contribution in [1.29, 1.82) is 0 Å². The molecule has 0 atom stereocenters. The molecule has 0 unspecified atom stereocenters. The van der Waals surface area contributed by atoms with Gasteiger partial charge in [0.25, 0.3) is 5.91 Å². The zero-order chi connectivity index (χ0) is 30.1. The number of nitrogens with one attached hydrogen (secondary N) is 3. The van der Waals surface area contributed by atoms with E-state index in [0.717, 1.165) is 5.69 Å². The van der Waals surface area contributed by atoms with Crippen LogP contribution in [0.2, 0.25) is 5.15 Å². The van der Waals surface area contributed by atoms with Gasteiger partial charge >= 0.3 is 5.91 Å². The molecule has 15 nitrogen and oxygen atoms in total. The number of sulfonamides is 1. The Morgan fingerprint density at radius 1 is 1.14 bits per heavy atom. The largest absolute Gasteiger partial charge is 0.382 e. The number of aromatic nitrogens is 4. The van der Waals surface area contributed by atoms with Crippen molar-refractivity contribution in [3.8, 4) is 0 Å². The molecule has 3 aromatic rings. The smallest absolute Gasteiger partial charge is 0.302 e. The molecule has 5 rings (SSSR count). The monoisotopic (exact) mass is 613 g/mol. The van der Waals surface area contributed by atoms with E-state index in [-0.39, 0.29) is 51.4 Å². The first-order valence-corrected chi connectivity index (χ1v) is 14.7. The summed E-state index contributed by atoms with van der Waals surface area (Å²) in [6.45, 7) is 3.04. The maximum atomic E-state index is 13.3. The van der Waals surface area contributed by atoms with Crippen molar-refractivity contribution in [2.75, 3.05) is 31.1 Å². The van der Waals surface area contributed by atoms with Gasteiger partial charge in [-0.2, -0.15) is 4.99 Å². The lowest BCUT2D eigenvalue weighted by molar-refractivity contribution is 0.0668. The van der Waals surface area contributed by atoms with Gasteiger partial charge in [0.1, 0.15) is 0 Å². The summed E-state index contributed by atoms with van der Waals surface area (Å²) < 4.78 is 28.3. The highest BCUT2D eigenvalue weighted by molar-refractivity contribution is 7.89. The Kier molecular flexibility index (Phi) is 7.94. The second-order valence-corrected chi connectivity index (χ2v) is 12.1. The number of carbonyl (C=O) groups is 2. The number of nitrogens with two attached hydrogens (primary N) is 2. The van der Waals surface area contributed by atoms with E-state index in [1.807, 2.05) is 0 Å². The molecule has 2 saturated heterocycles. The van der Waals surface area contributed by atoms with Crippen LogP contribution in [0.5, 0.6) is 0 Å². The second kappa shape index (κ2) is 11.5. The number of likely N-dealkylation sites (tertiary alicyclic amines) is 1. The number of guanidine groups is 1. The standard InChI is InChI=1S/C25H28ClN11O4S/c1-14-10-30-16(11-29-14)12-32-42(40,41)17-4-2-3-15(9-17)23(39)37-7-5-25(6-8-37)13-31-24(36-25)35-22(38)18-20(27)34-21(28)19(26)33-18/h2-4,9-11,32H,5-8,12-13H2,1H3,(H4,27,28,34)(H2,31,35,36,38). The minimum absolute atomic E-state index is 0.0261. The van der Waals surface area contributed by atoms with E-state index in [0.29, 0.717) is 38.2 Å². The summed E-state index contributed by atoms with van der Waals surface area (Å²) in [7, 11) is -3.89. The summed E-state index contributed by atoms with van der Waals surface area (Å²) in [4.78, 5) is 47.5. The molecular weight excluding hydrogens is 586 g/mol. The molecule has 7 N–H and O–H groups in total. The molecule has 1 spiro atoms. The molecule has 2 aliphatic heterocycles. The molecule has 220 valence electrons. The molecule has 17 heteroatoms. The summed E-state index contributed by atoms with van der Waals surface area (Å²) in [6.07, 6.45) is 4.18. The van der Waals surface area contributed by atoms with Gasteiger partial charge in [-0.25, -0.2) is 23.1 Å². The van der Waals surface area contributed by atoms with Crippen molar-refractivity contribution in [3.05, 3.63) is 64.5 Å². The van der Waals surface area contributed by atoms with Gasteiger partial charge in [0.15, 0.2) is 28.4 Å². The van der Waals surface area contributed by atoms with E-state index in [1.54, 1.807) is 24.1 Å². The number of rotatable bonds is 6. The fraction of sp³-hybridized carbons (Fsp3) is 0.320. The Labute approximate surface area is 246 Å². The molecule has 4 heterocycles. The van der Waals surface area contributed by atoms with Crippen LogP contribution >= 0.6 is 11.6 Å². The Hall–Kier alpha value is -4.41. The van der Waals surface area contributed by atoms with Crippen LogP contribution in [-0.2, 0) is 16.6 Å². The zero-order valence-corrected chi connectivity index (χ0v) is 24.0. The van der Waals surface area contributed by atoms with Gasteiger partial charge in [-0.3, -0.25) is 19.6 Å². The highest BCUT2D eigenvalue weighted by Crippen LogP contribution is 2.26. The van der Waals surface area contributed by atoms with E-state index in [2.05, 4.69) is 40.3 Å². The van der Waals surface area contributed by atoms with Crippen molar-refractivity contribution < 1.29 is 18.0 Å². The summed E-state index contributed by atoms with van der Waals surface area (Å²) >= 11 is 5.86. The van der Waals surface area contributed by atoms with Crippen molar-refractivity contribution in [2.45, 2.75) is 36.7 Å². The Balaban J connectivity index is 1.20. The normalized spacial score (nSPS) is 17.2. The maximum Gasteiger partial charge on any atom is 0.302 e. The number of anilines is 2. The van der Waals surface area contributed by atoms with Crippen LogP contribution in [-0.4, -0.2) is 76.2 Å². The van der Waals surface area contributed by atoms with Crippen LogP contribution in [0.1, 0.15) is 45.1 Å². The Morgan fingerprint density at radius 2 is 1.90 bits per heavy atom. The van der Waals surface area contributed by atoms with Crippen molar-refractivity contribution in [1.82, 2.24) is 40.2 Å². The minimum Gasteiger partial charge on any atom is -0.382 e. The topological polar surface area (TPSA) is 224 Å². The molecule has 1 aromatic carbocycles. The molecule has 2 aromatic heterocycles. The lowest BCUT2D eigenvalue weighted by atomic mass is 9.88. The quantitative estimate of drug-likeness (QED) is 0.252. The van der Waals surface area contributed by atoms with E-state index in [1.165, 1.54) is 24.4 Å². The molecule has 42 heavy (non-hydrogen) atoms. The summed E-state index contributed by atoms with van der Waals surface area (Å²) in [5.74, 6) is -1.04. The third-order valence-corrected chi connectivity index (χ3v) is 8.65. The van der Waals surface area contributed by atoms with E-state index >= 15 is 0 Å². The Morgan fingerprint density at radius 3 is 2.62 bits per heavy atom. The van der Waals surface area contributed by atoms with Crippen LogP contribution in [0.4, 0.5) is 11.6 Å². The van der Waals surface area contributed by atoms with Gasteiger partial charge in [-0.05, 0) is 38.0 Å². The van der Waals surface area contributed by atoms with E-state index < -0.39 is 21.5 Å². The van der Waals surface area contributed by atoms with Crippen molar-refractivity contribution >= 4 is 51.0 Å². The Bertz CT molecular complexity index is 1670. The number of aliphatic imine (C=N–C) groups is 1. The SMILES string of the molecule is Cc1cnc(CNS(=O)(=O)c2cccc(C(=O)N3CCC4(CC3)CN/C(=N\C(=O)c3nc(Cl)c(N)nc3N)N4)c2)cn1. The first-order chi connectivity index (χ1) is 19.9. The van der Waals surface area contributed by atoms with E-state index in [9.17, 15) is 18.0 Å². The van der Waals surface area contributed by atoms with Crippen molar-refractivity contribution in [3.63, 3.8) is 0 Å². The van der Waals surface area contributed by atoms with Crippen LogP contribution in [0.15, 0.2) is 46.5 Å². The molecule has 0 aliphatic carbocycles. The van der Waals surface area contributed by atoms with Gasteiger partial charge < -0.3 is 27.0 Å². The first kappa shape index (κ1) is 29.1. The number of nitrogens with zero attached hydrogens (tertiary/aromatic N) is 6. The van der Waals surface area contributed by atoms with Gasteiger partial charge in [0.2, 0.25) is 10.0 Å². The number of piperidine rings is 1. The summed E-state index contributed by atoms with van der Waals surface area (Å²) in [6, 6.07) is 5.91. The van der Waals surface area contributed by atoms with Crippen LogP contribution < -0.4 is 26.8 Å².